The minimum atomic E-state index is -1.37. The van der Waals surface area contributed by atoms with E-state index in [9.17, 15) is 23.5 Å². The molecular formula is C25H19BrF2N4O3. The SMILES string of the molecule is O=C(O)NC(Cc1cc(F)cc(F)c1)c1nc2ncc(Br)cc2c(=O)n1-c1ccc(C2CC2)cc1. The van der Waals surface area contributed by atoms with Crippen molar-refractivity contribution < 1.29 is 18.7 Å². The van der Waals surface area contributed by atoms with Crippen LogP contribution in [0.25, 0.3) is 16.7 Å². The Morgan fingerprint density at radius 3 is 2.46 bits per heavy atom. The molecule has 2 aromatic heterocycles. The molecule has 0 aliphatic heterocycles. The molecule has 10 heteroatoms. The molecule has 0 radical (unpaired) electrons. The van der Waals surface area contributed by atoms with E-state index in [1.807, 2.05) is 12.1 Å². The highest BCUT2D eigenvalue weighted by molar-refractivity contribution is 9.10. The van der Waals surface area contributed by atoms with Crippen molar-refractivity contribution in [2.24, 2.45) is 0 Å². The highest BCUT2D eigenvalue weighted by Gasteiger charge is 2.26. The number of hydrogen-bond donors (Lipinski definition) is 2. The van der Waals surface area contributed by atoms with Crippen LogP contribution < -0.4 is 10.9 Å². The number of nitrogens with one attached hydrogen (secondary N) is 1. The van der Waals surface area contributed by atoms with Crippen molar-refractivity contribution in [2.45, 2.75) is 31.2 Å². The van der Waals surface area contributed by atoms with Crippen LogP contribution in [-0.4, -0.2) is 25.7 Å². The van der Waals surface area contributed by atoms with E-state index >= 15 is 0 Å². The number of carboxylic acid groups (broad SMARTS) is 1. The van der Waals surface area contributed by atoms with Crippen molar-refractivity contribution in [3.8, 4) is 5.69 Å². The Hall–Kier alpha value is -3.66. The van der Waals surface area contributed by atoms with Gasteiger partial charge in [-0.05, 0) is 76.1 Å². The predicted octanol–water partition coefficient (Wildman–Crippen LogP) is 5.25. The molecule has 5 rings (SSSR count). The molecule has 1 fully saturated rings. The fraction of sp³-hybridized carbons (Fsp3) is 0.200. The van der Waals surface area contributed by atoms with Gasteiger partial charge >= 0.3 is 6.09 Å². The smallest absolute Gasteiger partial charge is 0.405 e. The zero-order valence-corrected chi connectivity index (χ0v) is 19.8. The van der Waals surface area contributed by atoms with Crippen molar-refractivity contribution in [2.75, 3.05) is 0 Å². The summed E-state index contributed by atoms with van der Waals surface area (Å²) in [5.41, 5.74) is 1.54. The summed E-state index contributed by atoms with van der Waals surface area (Å²) in [5, 5.41) is 12.1. The van der Waals surface area contributed by atoms with Crippen LogP contribution in [-0.2, 0) is 6.42 Å². The number of nitrogens with zero attached hydrogens (tertiary/aromatic N) is 3. The van der Waals surface area contributed by atoms with Crippen LogP contribution in [0.15, 0.2) is 64.0 Å². The summed E-state index contributed by atoms with van der Waals surface area (Å²) in [4.78, 5) is 34.1. The average molecular weight is 541 g/mol. The molecule has 35 heavy (non-hydrogen) atoms. The van der Waals surface area contributed by atoms with Crippen molar-refractivity contribution in [3.63, 3.8) is 0 Å². The van der Waals surface area contributed by atoms with Gasteiger partial charge in [0.2, 0.25) is 0 Å². The number of rotatable bonds is 6. The number of carbonyl (C=O) groups is 1. The van der Waals surface area contributed by atoms with E-state index in [1.54, 1.807) is 18.2 Å². The van der Waals surface area contributed by atoms with Crippen molar-refractivity contribution in [3.05, 3.63) is 98.1 Å². The van der Waals surface area contributed by atoms with E-state index in [1.165, 1.54) is 10.8 Å². The van der Waals surface area contributed by atoms with Crippen LogP contribution in [0.2, 0.25) is 0 Å². The fourth-order valence-electron chi connectivity index (χ4n) is 4.18. The average Bonchev–Trinajstić information content (AvgIpc) is 3.64. The van der Waals surface area contributed by atoms with Crippen LogP contribution in [0.4, 0.5) is 13.6 Å². The largest absolute Gasteiger partial charge is 0.465 e. The summed E-state index contributed by atoms with van der Waals surface area (Å²) in [5.74, 6) is -1.01. The third-order valence-electron chi connectivity index (χ3n) is 5.89. The van der Waals surface area contributed by atoms with E-state index < -0.39 is 29.3 Å². The van der Waals surface area contributed by atoms with Crippen LogP contribution >= 0.6 is 15.9 Å². The van der Waals surface area contributed by atoms with E-state index in [4.69, 9.17) is 0 Å². The summed E-state index contributed by atoms with van der Waals surface area (Å²) in [7, 11) is 0. The Morgan fingerprint density at radius 2 is 1.83 bits per heavy atom. The Kier molecular flexibility index (Phi) is 6.06. The molecule has 2 N–H and O–H groups in total. The molecule has 2 heterocycles. The Balaban J connectivity index is 1.70. The predicted molar refractivity (Wildman–Crippen MR) is 129 cm³/mol. The monoisotopic (exact) mass is 540 g/mol. The summed E-state index contributed by atoms with van der Waals surface area (Å²) in [6.45, 7) is 0. The first-order chi connectivity index (χ1) is 16.8. The Bertz CT molecular complexity index is 1480. The molecule has 7 nitrogen and oxygen atoms in total. The van der Waals surface area contributed by atoms with E-state index in [2.05, 4.69) is 31.2 Å². The third kappa shape index (κ3) is 4.93. The number of halogens is 3. The number of hydrogen-bond acceptors (Lipinski definition) is 4. The summed E-state index contributed by atoms with van der Waals surface area (Å²) in [6, 6.07) is 10.9. The molecule has 1 unspecified atom stereocenters. The maximum atomic E-state index is 13.8. The topological polar surface area (TPSA) is 97.1 Å². The molecule has 1 amide bonds. The first kappa shape index (κ1) is 23.1. The Morgan fingerprint density at radius 1 is 1.14 bits per heavy atom. The minimum absolute atomic E-state index is 0.0589. The molecule has 4 aromatic rings. The quantitative estimate of drug-likeness (QED) is 0.348. The highest BCUT2D eigenvalue weighted by atomic mass is 79.9. The minimum Gasteiger partial charge on any atom is -0.465 e. The first-order valence-electron chi connectivity index (χ1n) is 10.9. The maximum absolute atomic E-state index is 13.8. The number of aromatic nitrogens is 3. The summed E-state index contributed by atoms with van der Waals surface area (Å²) in [6.07, 6.45) is 2.21. The highest BCUT2D eigenvalue weighted by Crippen LogP contribution is 2.40. The second-order valence-electron chi connectivity index (χ2n) is 8.48. The molecule has 1 aliphatic rings. The lowest BCUT2D eigenvalue weighted by Crippen LogP contribution is -2.35. The van der Waals surface area contributed by atoms with Gasteiger partial charge in [-0.1, -0.05) is 12.1 Å². The van der Waals surface area contributed by atoms with Gasteiger partial charge in [-0.2, -0.15) is 0 Å². The fourth-order valence-corrected chi connectivity index (χ4v) is 4.51. The lowest BCUT2D eigenvalue weighted by molar-refractivity contribution is 0.189. The summed E-state index contributed by atoms with van der Waals surface area (Å²) >= 11 is 3.32. The zero-order chi connectivity index (χ0) is 24.7. The molecule has 1 saturated carbocycles. The van der Waals surface area contributed by atoms with Gasteiger partial charge in [0.15, 0.2) is 5.65 Å². The molecular weight excluding hydrogens is 522 g/mol. The van der Waals surface area contributed by atoms with Gasteiger partial charge in [0, 0.05) is 23.2 Å². The van der Waals surface area contributed by atoms with E-state index in [0.717, 1.165) is 36.6 Å². The van der Waals surface area contributed by atoms with Gasteiger partial charge in [0.25, 0.3) is 5.56 Å². The maximum Gasteiger partial charge on any atom is 0.405 e. The normalized spacial score (nSPS) is 14.1. The van der Waals surface area contributed by atoms with Gasteiger partial charge in [0.05, 0.1) is 17.1 Å². The molecule has 1 aliphatic carbocycles. The Labute approximate surface area is 206 Å². The van der Waals surface area contributed by atoms with E-state index in [-0.39, 0.29) is 28.8 Å². The van der Waals surface area contributed by atoms with Crippen LogP contribution in [0.1, 0.15) is 41.8 Å². The number of benzene rings is 2. The van der Waals surface area contributed by atoms with E-state index in [0.29, 0.717) is 16.1 Å². The summed E-state index contributed by atoms with van der Waals surface area (Å²) < 4.78 is 29.6. The van der Waals surface area contributed by atoms with Gasteiger partial charge in [-0.25, -0.2) is 23.5 Å². The van der Waals surface area contributed by atoms with Gasteiger partial charge in [-0.3, -0.25) is 9.36 Å². The first-order valence-corrected chi connectivity index (χ1v) is 11.7. The van der Waals surface area contributed by atoms with Crippen LogP contribution in [0, 0.1) is 11.6 Å². The molecule has 0 spiro atoms. The number of fused-ring (bicyclic) bond motifs is 1. The molecule has 2 aromatic carbocycles. The lowest BCUT2D eigenvalue weighted by Gasteiger charge is -2.22. The second-order valence-corrected chi connectivity index (χ2v) is 9.40. The molecule has 178 valence electrons. The van der Waals surface area contributed by atoms with Crippen molar-refractivity contribution in [1.82, 2.24) is 19.9 Å². The van der Waals surface area contributed by atoms with Crippen molar-refractivity contribution in [1.29, 1.82) is 0 Å². The number of pyridine rings is 1. The van der Waals surface area contributed by atoms with Crippen LogP contribution in [0.5, 0.6) is 0 Å². The number of amides is 1. The van der Waals surface area contributed by atoms with Gasteiger partial charge < -0.3 is 10.4 Å². The molecule has 0 saturated heterocycles. The van der Waals surface area contributed by atoms with Crippen molar-refractivity contribution >= 4 is 33.1 Å². The molecule has 1 atom stereocenters. The standard InChI is InChI=1S/C25H19BrF2N4O3/c26-16-10-20-22(29-12-16)31-23(21(30-25(34)35)9-13-7-17(27)11-18(28)8-13)32(24(20)33)19-5-3-15(4-6-19)14-1-2-14/h3-8,10-12,14,21,30H,1-2,9H2,(H,34,35). The lowest BCUT2D eigenvalue weighted by atomic mass is 10.0. The van der Waals surface area contributed by atoms with Gasteiger partial charge in [-0.15, -0.1) is 0 Å². The molecule has 0 bridgehead atoms. The second kappa shape index (κ2) is 9.18. The zero-order valence-electron chi connectivity index (χ0n) is 18.2. The van der Waals surface area contributed by atoms with Gasteiger partial charge in [0.1, 0.15) is 17.5 Å². The third-order valence-corrected chi connectivity index (χ3v) is 6.32. The van der Waals surface area contributed by atoms with Crippen LogP contribution in [0.3, 0.4) is 0 Å².